The van der Waals surface area contributed by atoms with E-state index in [1.54, 1.807) is 11.5 Å². The van der Waals surface area contributed by atoms with Crippen molar-refractivity contribution in [3.05, 3.63) is 103 Å². The highest BCUT2D eigenvalue weighted by molar-refractivity contribution is 9.10. The SMILES string of the molecule is CCC(Cc1cc2c(Cl)c(C)nn2c(=O)n1Cc1ccccc1)N(CCCN(C)C)C(=O)c1ccc(Br)cc1. The van der Waals surface area contributed by atoms with Gasteiger partial charge in [-0.2, -0.15) is 9.61 Å². The first-order valence-electron chi connectivity index (χ1n) is 13.2. The van der Waals surface area contributed by atoms with Crippen LogP contribution in [0.5, 0.6) is 0 Å². The minimum atomic E-state index is -0.241. The Balaban J connectivity index is 1.76. The summed E-state index contributed by atoms with van der Waals surface area (Å²) in [5.41, 5.74) is 3.44. The number of hydrogen-bond acceptors (Lipinski definition) is 4. The van der Waals surface area contributed by atoms with E-state index in [0.29, 0.717) is 41.3 Å². The van der Waals surface area contributed by atoms with Gasteiger partial charge in [-0.25, -0.2) is 4.79 Å². The molecule has 0 spiro atoms. The van der Waals surface area contributed by atoms with E-state index in [2.05, 4.69) is 32.9 Å². The van der Waals surface area contributed by atoms with Crippen LogP contribution in [0, 0.1) is 6.92 Å². The van der Waals surface area contributed by atoms with Crippen molar-refractivity contribution in [1.29, 1.82) is 0 Å². The Morgan fingerprint density at radius 1 is 1.08 bits per heavy atom. The zero-order chi connectivity index (χ0) is 28.1. The van der Waals surface area contributed by atoms with E-state index >= 15 is 0 Å². The van der Waals surface area contributed by atoms with E-state index in [1.165, 1.54) is 4.52 Å². The third-order valence-corrected chi connectivity index (χ3v) is 7.98. The number of aryl methyl sites for hydroxylation is 1. The molecule has 0 radical (unpaired) electrons. The van der Waals surface area contributed by atoms with Crippen LogP contribution >= 0.6 is 27.5 Å². The number of rotatable bonds is 11. The third-order valence-electron chi connectivity index (χ3n) is 6.98. The summed E-state index contributed by atoms with van der Waals surface area (Å²) in [6, 6.07) is 19.2. The number of benzene rings is 2. The fourth-order valence-electron chi connectivity index (χ4n) is 4.86. The van der Waals surface area contributed by atoms with Crippen LogP contribution in [0.4, 0.5) is 0 Å². The van der Waals surface area contributed by atoms with Crippen LogP contribution in [0.15, 0.2) is 69.9 Å². The van der Waals surface area contributed by atoms with E-state index in [0.717, 1.165) is 35.1 Å². The van der Waals surface area contributed by atoms with Gasteiger partial charge in [0.05, 0.1) is 22.8 Å². The molecule has 1 unspecified atom stereocenters. The molecular weight excluding hydrogens is 578 g/mol. The van der Waals surface area contributed by atoms with Gasteiger partial charge in [0.25, 0.3) is 5.91 Å². The zero-order valence-corrected chi connectivity index (χ0v) is 25.2. The third kappa shape index (κ3) is 6.80. The largest absolute Gasteiger partial charge is 0.349 e. The van der Waals surface area contributed by atoms with Crippen molar-refractivity contribution < 1.29 is 4.79 Å². The Morgan fingerprint density at radius 3 is 2.41 bits per heavy atom. The van der Waals surface area contributed by atoms with Crippen molar-refractivity contribution >= 4 is 39.0 Å². The van der Waals surface area contributed by atoms with Gasteiger partial charge in [0.1, 0.15) is 0 Å². The van der Waals surface area contributed by atoms with Gasteiger partial charge < -0.3 is 9.80 Å². The number of carbonyl (C=O) groups excluding carboxylic acids is 1. The highest BCUT2D eigenvalue weighted by atomic mass is 79.9. The average Bonchev–Trinajstić information content (AvgIpc) is 3.21. The summed E-state index contributed by atoms with van der Waals surface area (Å²) in [4.78, 5) is 31.6. The lowest BCUT2D eigenvalue weighted by molar-refractivity contribution is 0.0662. The molecule has 39 heavy (non-hydrogen) atoms. The van der Waals surface area contributed by atoms with Gasteiger partial charge >= 0.3 is 5.69 Å². The first-order valence-corrected chi connectivity index (χ1v) is 14.4. The Kier molecular flexibility index (Phi) is 9.64. The minimum Gasteiger partial charge on any atom is -0.335 e. The smallest absolute Gasteiger partial charge is 0.335 e. The Morgan fingerprint density at radius 2 is 1.77 bits per heavy atom. The first kappa shape index (κ1) is 29.1. The summed E-state index contributed by atoms with van der Waals surface area (Å²) >= 11 is 10.0. The number of nitrogens with zero attached hydrogens (tertiary/aromatic N) is 5. The van der Waals surface area contributed by atoms with E-state index in [-0.39, 0.29) is 17.6 Å². The Hall–Kier alpha value is -2.94. The van der Waals surface area contributed by atoms with Gasteiger partial charge in [0, 0.05) is 34.7 Å². The summed E-state index contributed by atoms with van der Waals surface area (Å²) in [5.74, 6) is -0.00984. The molecule has 0 fully saturated rings. The summed E-state index contributed by atoms with van der Waals surface area (Å²) in [6.45, 7) is 5.78. The lowest BCUT2D eigenvalue weighted by atomic mass is 10.0. The lowest BCUT2D eigenvalue weighted by Gasteiger charge is -2.32. The summed E-state index contributed by atoms with van der Waals surface area (Å²) in [7, 11) is 4.07. The van der Waals surface area contributed by atoms with Crippen LogP contribution in [0.3, 0.4) is 0 Å². The van der Waals surface area contributed by atoms with E-state index in [1.807, 2.05) is 79.7 Å². The summed E-state index contributed by atoms with van der Waals surface area (Å²) < 4.78 is 4.07. The van der Waals surface area contributed by atoms with Gasteiger partial charge in [0.15, 0.2) is 0 Å². The van der Waals surface area contributed by atoms with Gasteiger partial charge in [-0.15, -0.1) is 0 Å². The van der Waals surface area contributed by atoms with Crippen LogP contribution < -0.4 is 5.69 Å². The average molecular weight is 613 g/mol. The van der Waals surface area contributed by atoms with E-state index < -0.39 is 0 Å². The van der Waals surface area contributed by atoms with Crippen LogP contribution in [0.1, 0.15) is 47.1 Å². The zero-order valence-electron chi connectivity index (χ0n) is 22.9. The molecule has 0 N–H and O–H groups in total. The molecule has 0 aliphatic rings. The van der Waals surface area contributed by atoms with E-state index in [4.69, 9.17) is 11.6 Å². The number of carbonyl (C=O) groups is 1. The molecule has 7 nitrogen and oxygen atoms in total. The van der Waals surface area contributed by atoms with Crippen molar-refractivity contribution in [3.63, 3.8) is 0 Å². The highest BCUT2D eigenvalue weighted by Crippen LogP contribution is 2.24. The van der Waals surface area contributed by atoms with Crippen molar-refractivity contribution in [3.8, 4) is 0 Å². The first-order chi connectivity index (χ1) is 18.7. The topological polar surface area (TPSA) is 62.9 Å². The van der Waals surface area contributed by atoms with Gasteiger partial charge in [-0.1, -0.05) is 64.8 Å². The van der Waals surface area contributed by atoms with E-state index in [9.17, 15) is 9.59 Å². The quantitative estimate of drug-likeness (QED) is 0.219. The summed E-state index contributed by atoms with van der Waals surface area (Å²) in [6.07, 6.45) is 2.09. The normalized spacial score (nSPS) is 12.3. The molecule has 1 atom stereocenters. The maximum Gasteiger partial charge on any atom is 0.349 e. The van der Waals surface area contributed by atoms with Crippen LogP contribution in [-0.2, 0) is 13.0 Å². The molecule has 206 valence electrons. The molecule has 4 aromatic rings. The molecule has 2 aromatic heterocycles. The standard InChI is InChI=1S/C30H35BrClN5O2/c1-5-25(35(17-9-16-34(3)4)29(38)23-12-14-24(31)15-13-23)18-26-19-27-28(32)21(2)33-37(27)30(39)36(26)20-22-10-7-6-8-11-22/h6-8,10-15,19,25H,5,9,16-18,20H2,1-4H3. The van der Waals surface area contributed by atoms with Crippen LogP contribution in [-0.4, -0.2) is 63.1 Å². The predicted molar refractivity (Wildman–Crippen MR) is 161 cm³/mol. The molecular formula is C30H35BrClN5O2. The maximum absolute atomic E-state index is 13.8. The van der Waals surface area contributed by atoms with Crippen molar-refractivity contribution in [1.82, 2.24) is 24.0 Å². The van der Waals surface area contributed by atoms with Crippen molar-refractivity contribution in [2.45, 2.75) is 45.7 Å². The molecule has 4 rings (SSSR count). The number of aromatic nitrogens is 3. The molecule has 9 heteroatoms. The molecule has 0 bridgehead atoms. The Bertz CT molecular complexity index is 1480. The fraction of sp³-hybridized carbons (Fsp3) is 0.367. The molecule has 0 saturated heterocycles. The van der Waals surface area contributed by atoms with Gasteiger partial charge in [0.2, 0.25) is 0 Å². The fourth-order valence-corrected chi connectivity index (χ4v) is 5.29. The lowest BCUT2D eigenvalue weighted by Crippen LogP contribution is -2.44. The molecule has 1 amide bonds. The number of hydrogen-bond donors (Lipinski definition) is 0. The number of fused-ring (bicyclic) bond motifs is 1. The predicted octanol–water partition coefficient (Wildman–Crippen LogP) is 5.68. The maximum atomic E-state index is 13.8. The molecule has 2 aromatic carbocycles. The van der Waals surface area contributed by atoms with Crippen molar-refractivity contribution in [2.24, 2.45) is 0 Å². The second-order valence-corrected chi connectivity index (χ2v) is 11.4. The molecule has 0 saturated carbocycles. The van der Waals surface area contributed by atoms with Gasteiger partial charge in [-0.05, 0) is 76.3 Å². The molecule has 2 heterocycles. The molecule has 0 aliphatic carbocycles. The second-order valence-electron chi connectivity index (χ2n) is 10.1. The number of amides is 1. The van der Waals surface area contributed by atoms with Gasteiger partial charge in [-0.3, -0.25) is 9.36 Å². The highest BCUT2D eigenvalue weighted by Gasteiger charge is 2.26. The summed E-state index contributed by atoms with van der Waals surface area (Å²) in [5, 5.41) is 4.87. The minimum absolute atomic E-state index is 0.00984. The monoisotopic (exact) mass is 611 g/mol. The Labute approximate surface area is 243 Å². The van der Waals surface area contributed by atoms with Crippen LogP contribution in [0.2, 0.25) is 5.02 Å². The van der Waals surface area contributed by atoms with Crippen LogP contribution in [0.25, 0.3) is 5.52 Å². The van der Waals surface area contributed by atoms with Crippen molar-refractivity contribution in [2.75, 3.05) is 27.2 Å². The molecule has 0 aliphatic heterocycles. The second kappa shape index (κ2) is 12.9. The number of halogens is 2.